The largest absolute Gasteiger partial charge is 0.476 e. The van der Waals surface area contributed by atoms with Crippen LogP contribution < -0.4 is 5.73 Å². The lowest BCUT2D eigenvalue weighted by atomic mass is 10.2. The molecular weight excluding hydrogens is 200 g/mol. The molecule has 0 aliphatic rings. The summed E-state index contributed by atoms with van der Waals surface area (Å²) in [4.78, 5) is 21.7. The van der Waals surface area contributed by atoms with Gasteiger partial charge in [0.15, 0.2) is 5.69 Å². The van der Waals surface area contributed by atoms with Crippen LogP contribution in [0, 0.1) is 0 Å². The van der Waals surface area contributed by atoms with E-state index in [0.717, 1.165) is 0 Å². The molecule has 1 atom stereocenters. The van der Waals surface area contributed by atoms with Crippen molar-refractivity contribution in [1.82, 2.24) is 15.0 Å². The summed E-state index contributed by atoms with van der Waals surface area (Å²) >= 11 is 0. The summed E-state index contributed by atoms with van der Waals surface area (Å²) in [5.74, 6) is -1.73. The van der Waals surface area contributed by atoms with Gasteiger partial charge >= 0.3 is 5.97 Å². The van der Waals surface area contributed by atoms with Gasteiger partial charge in [0, 0.05) is 0 Å². The number of carboxylic acids is 1. The molecule has 0 spiro atoms. The van der Waals surface area contributed by atoms with Gasteiger partial charge in [-0.15, -0.1) is 5.10 Å². The average molecular weight is 212 g/mol. The lowest BCUT2D eigenvalue weighted by molar-refractivity contribution is -0.121. The molecule has 1 amide bonds. The second-order valence-corrected chi connectivity index (χ2v) is 3.07. The maximum Gasteiger partial charge on any atom is 0.358 e. The summed E-state index contributed by atoms with van der Waals surface area (Å²) in [6.45, 7) is 3.30. The Morgan fingerprint density at radius 2 is 2.20 bits per heavy atom. The molecule has 0 aliphatic heterocycles. The van der Waals surface area contributed by atoms with Crippen molar-refractivity contribution in [1.29, 1.82) is 0 Å². The fourth-order valence-electron chi connectivity index (χ4n) is 1.24. The number of nitrogens with two attached hydrogens (primary N) is 1. The monoisotopic (exact) mass is 212 g/mol. The second kappa shape index (κ2) is 4.07. The number of carbonyl (C=O) groups excluding carboxylic acids is 1. The molecule has 0 fully saturated rings. The van der Waals surface area contributed by atoms with Crippen molar-refractivity contribution in [3.05, 3.63) is 11.4 Å². The third-order valence-corrected chi connectivity index (χ3v) is 2.11. The third kappa shape index (κ3) is 1.95. The number of amides is 1. The molecule has 7 nitrogen and oxygen atoms in total. The Labute approximate surface area is 85.9 Å². The van der Waals surface area contributed by atoms with E-state index in [1.54, 1.807) is 13.8 Å². The SMILES string of the molecule is CCc1c(C(=O)O)nnn1C(C)C(N)=O. The van der Waals surface area contributed by atoms with Gasteiger partial charge in [-0.25, -0.2) is 9.48 Å². The predicted octanol–water partition coefficient (Wildman–Crippen LogP) is -0.415. The van der Waals surface area contributed by atoms with Crippen molar-refractivity contribution >= 4 is 11.9 Å². The van der Waals surface area contributed by atoms with E-state index in [4.69, 9.17) is 10.8 Å². The van der Waals surface area contributed by atoms with E-state index >= 15 is 0 Å². The van der Waals surface area contributed by atoms with Gasteiger partial charge in [0.05, 0.1) is 5.69 Å². The van der Waals surface area contributed by atoms with Crippen molar-refractivity contribution in [2.24, 2.45) is 5.73 Å². The van der Waals surface area contributed by atoms with Gasteiger partial charge in [-0.2, -0.15) is 0 Å². The lowest BCUT2D eigenvalue weighted by Gasteiger charge is -2.09. The number of nitrogens with zero attached hydrogens (tertiary/aromatic N) is 3. The van der Waals surface area contributed by atoms with Crippen LogP contribution in [-0.2, 0) is 11.2 Å². The molecule has 1 heterocycles. The molecule has 1 unspecified atom stereocenters. The molecule has 7 heteroatoms. The van der Waals surface area contributed by atoms with E-state index in [-0.39, 0.29) is 5.69 Å². The minimum atomic E-state index is -1.16. The quantitative estimate of drug-likeness (QED) is 0.704. The first-order valence-electron chi connectivity index (χ1n) is 4.45. The Balaban J connectivity index is 3.20. The van der Waals surface area contributed by atoms with Gasteiger partial charge in [-0.05, 0) is 13.3 Å². The maximum atomic E-state index is 10.9. The summed E-state index contributed by atoms with van der Waals surface area (Å²) in [5, 5.41) is 15.9. The maximum absolute atomic E-state index is 10.9. The van der Waals surface area contributed by atoms with E-state index in [1.165, 1.54) is 4.68 Å². The van der Waals surface area contributed by atoms with Crippen LogP contribution in [0.3, 0.4) is 0 Å². The summed E-state index contributed by atoms with van der Waals surface area (Å²) in [5.41, 5.74) is 5.37. The highest BCUT2D eigenvalue weighted by Crippen LogP contribution is 2.12. The van der Waals surface area contributed by atoms with Gasteiger partial charge < -0.3 is 10.8 Å². The number of hydrogen-bond acceptors (Lipinski definition) is 4. The zero-order valence-electron chi connectivity index (χ0n) is 8.47. The number of aromatic nitrogens is 3. The molecule has 15 heavy (non-hydrogen) atoms. The molecule has 0 aliphatic carbocycles. The van der Waals surface area contributed by atoms with Crippen LogP contribution in [0.25, 0.3) is 0 Å². The highest BCUT2D eigenvalue weighted by molar-refractivity contribution is 5.86. The molecule has 0 bridgehead atoms. The molecular formula is C8H12N4O3. The number of carboxylic acid groups (broad SMARTS) is 1. The van der Waals surface area contributed by atoms with Gasteiger partial charge in [0.25, 0.3) is 0 Å². The number of aromatic carboxylic acids is 1. The Morgan fingerprint density at radius 1 is 1.60 bits per heavy atom. The fourth-order valence-corrected chi connectivity index (χ4v) is 1.24. The van der Waals surface area contributed by atoms with Crippen molar-refractivity contribution in [3.8, 4) is 0 Å². The standard InChI is InChI=1S/C8H12N4O3/c1-3-5-6(8(14)15)10-11-12(5)4(2)7(9)13/h4H,3H2,1-2H3,(H2,9,13)(H,14,15). The van der Waals surface area contributed by atoms with Crippen molar-refractivity contribution < 1.29 is 14.7 Å². The first-order chi connectivity index (χ1) is 6.99. The molecule has 0 saturated heterocycles. The minimum Gasteiger partial charge on any atom is -0.476 e. The van der Waals surface area contributed by atoms with Crippen LogP contribution in [0.4, 0.5) is 0 Å². The van der Waals surface area contributed by atoms with Crippen molar-refractivity contribution in [2.45, 2.75) is 26.3 Å². The molecule has 0 radical (unpaired) electrons. The molecule has 1 rings (SSSR count). The van der Waals surface area contributed by atoms with Crippen LogP contribution >= 0.6 is 0 Å². The molecule has 0 aromatic carbocycles. The Hall–Kier alpha value is -1.92. The summed E-state index contributed by atoms with van der Waals surface area (Å²) in [6, 6.07) is -0.694. The van der Waals surface area contributed by atoms with E-state index in [1.807, 2.05) is 0 Å². The molecule has 0 saturated carbocycles. The molecule has 1 aromatic heterocycles. The highest BCUT2D eigenvalue weighted by Gasteiger charge is 2.22. The Bertz CT molecular complexity index is 399. The number of primary amides is 1. The second-order valence-electron chi connectivity index (χ2n) is 3.07. The summed E-state index contributed by atoms with van der Waals surface area (Å²) in [6.07, 6.45) is 0.423. The van der Waals surface area contributed by atoms with E-state index < -0.39 is 17.9 Å². The van der Waals surface area contributed by atoms with Gasteiger partial charge in [-0.1, -0.05) is 12.1 Å². The molecule has 82 valence electrons. The first-order valence-corrected chi connectivity index (χ1v) is 4.45. The Morgan fingerprint density at radius 3 is 2.60 bits per heavy atom. The van der Waals surface area contributed by atoms with Gasteiger partial charge in [0.1, 0.15) is 6.04 Å². The predicted molar refractivity (Wildman–Crippen MR) is 50.3 cm³/mol. The third-order valence-electron chi connectivity index (χ3n) is 2.11. The van der Waals surface area contributed by atoms with Crippen LogP contribution in [0.15, 0.2) is 0 Å². The number of carbonyl (C=O) groups is 2. The fraction of sp³-hybridized carbons (Fsp3) is 0.500. The van der Waals surface area contributed by atoms with Crippen LogP contribution in [0.5, 0.6) is 0 Å². The smallest absolute Gasteiger partial charge is 0.358 e. The minimum absolute atomic E-state index is 0.134. The van der Waals surface area contributed by atoms with Crippen LogP contribution in [0.2, 0.25) is 0 Å². The van der Waals surface area contributed by atoms with Crippen molar-refractivity contribution in [3.63, 3.8) is 0 Å². The molecule has 3 N–H and O–H groups in total. The zero-order valence-corrected chi connectivity index (χ0v) is 8.47. The van der Waals surface area contributed by atoms with E-state index in [9.17, 15) is 9.59 Å². The number of hydrogen-bond donors (Lipinski definition) is 2. The number of rotatable bonds is 4. The average Bonchev–Trinajstić information content (AvgIpc) is 2.59. The van der Waals surface area contributed by atoms with E-state index in [0.29, 0.717) is 12.1 Å². The first kappa shape index (κ1) is 11.2. The topological polar surface area (TPSA) is 111 Å². The Kier molecular flexibility index (Phi) is 3.03. The van der Waals surface area contributed by atoms with Crippen LogP contribution in [-0.4, -0.2) is 32.0 Å². The zero-order chi connectivity index (χ0) is 11.6. The van der Waals surface area contributed by atoms with Crippen LogP contribution in [0.1, 0.15) is 36.1 Å². The van der Waals surface area contributed by atoms with Gasteiger partial charge in [0.2, 0.25) is 5.91 Å². The normalized spacial score (nSPS) is 12.4. The van der Waals surface area contributed by atoms with E-state index in [2.05, 4.69) is 10.3 Å². The summed E-state index contributed by atoms with van der Waals surface area (Å²) < 4.78 is 1.24. The summed E-state index contributed by atoms with van der Waals surface area (Å²) in [7, 11) is 0. The van der Waals surface area contributed by atoms with Gasteiger partial charge in [-0.3, -0.25) is 4.79 Å². The van der Waals surface area contributed by atoms with Crippen molar-refractivity contribution in [2.75, 3.05) is 0 Å². The highest BCUT2D eigenvalue weighted by atomic mass is 16.4. The lowest BCUT2D eigenvalue weighted by Crippen LogP contribution is -2.26. The molecule has 1 aromatic rings.